The molecule has 0 radical (unpaired) electrons. The minimum Gasteiger partial charge on any atom is -0.345 e. The number of rotatable bonds is 6. The molecule has 0 aliphatic heterocycles. The van der Waals surface area contributed by atoms with E-state index in [4.69, 9.17) is 5.73 Å². The molecule has 0 saturated carbocycles. The monoisotopic (exact) mass is 262 g/mol. The van der Waals surface area contributed by atoms with Gasteiger partial charge in [-0.2, -0.15) is 0 Å². The molecule has 0 aliphatic carbocycles. The van der Waals surface area contributed by atoms with Crippen LogP contribution in [0.3, 0.4) is 0 Å². The summed E-state index contributed by atoms with van der Waals surface area (Å²) >= 11 is 0. The zero-order chi connectivity index (χ0) is 14.5. The maximum absolute atomic E-state index is 12.1. The van der Waals surface area contributed by atoms with E-state index in [1.807, 2.05) is 37.9 Å². The molecule has 1 aromatic carbocycles. The summed E-state index contributed by atoms with van der Waals surface area (Å²) in [6.45, 7) is 7.45. The third kappa shape index (κ3) is 5.03. The topological polar surface area (TPSA) is 46.3 Å². The standard InChI is InChI=1S/C16H26N2O/c1-13-7-5-6-8-14(13)9-10-18(4)15(19)11-16(2,3)12-17/h5-8H,9-12,17H2,1-4H3. The van der Waals surface area contributed by atoms with Gasteiger partial charge >= 0.3 is 0 Å². The fourth-order valence-electron chi connectivity index (χ4n) is 1.92. The van der Waals surface area contributed by atoms with Crippen molar-refractivity contribution in [1.29, 1.82) is 0 Å². The molecule has 0 aromatic heterocycles. The molecule has 0 bridgehead atoms. The van der Waals surface area contributed by atoms with Crippen molar-refractivity contribution in [1.82, 2.24) is 4.90 Å². The zero-order valence-electron chi connectivity index (χ0n) is 12.6. The lowest BCUT2D eigenvalue weighted by atomic mass is 9.89. The minimum atomic E-state index is -0.117. The highest BCUT2D eigenvalue weighted by Gasteiger charge is 2.22. The van der Waals surface area contributed by atoms with Gasteiger partial charge in [-0.3, -0.25) is 4.79 Å². The van der Waals surface area contributed by atoms with E-state index >= 15 is 0 Å². The maximum atomic E-state index is 12.1. The third-order valence-corrected chi connectivity index (χ3v) is 3.59. The highest BCUT2D eigenvalue weighted by molar-refractivity contribution is 5.76. The van der Waals surface area contributed by atoms with E-state index in [2.05, 4.69) is 19.1 Å². The largest absolute Gasteiger partial charge is 0.345 e. The van der Waals surface area contributed by atoms with Crippen LogP contribution in [0.15, 0.2) is 24.3 Å². The van der Waals surface area contributed by atoms with Crippen molar-refractivity contribution >= 4 is 5.91 Å². The Morgan fingerprint density at radius 2 is 1.95 bits per heavy atom. The lowest BCUT2D eigenvalue weighted by molar-refractivity contribution is -0.131. The van der Waals surface area contributed by atoms with Gasteiger partial charge < -0.3 is 10.6 Å². The normalized spacial score (nSPS) is 11.4. The number of aryl methyl sites for hydroxylation is 1. The second kappa shape index (κ2) is 6.71. The molecular weight excluding hydrogens is 236 g/mol. The van der Waals surface area contributed by atoms with Crippen molar-refractivity contribution < 1.29 is 4.79 Å². The first-order chi connectivity index (χ1) is 8.85. The molecule has 1 amide bonds. The molecule has 0 atom stereocenters. The van der Waals surface area contributed by atoms with E-state index in [1.54, 1.807) is 0 Å². The Balaban J connectivity index is 2.50. The van der Waals surface area contributed by atoms with Crippen molar-refractivity contribution in [3.8, 4) is 0 Å². The van der Waals surface area contributed by atoms with Crippen LogP contribution in [0.2, 0.25) is 0 Å². The molecule has 19 heavy (non-hydrogen) atoms. The zero-order valence-corrected chi connectivity index (χ0v) is 12.6. The fraction of sp³-hybridized carbons (Fsp3) is 0.562. The van der Waals surface area contributed by atoms with Crippen LogP contribution in [0.25, 0.3) is 0 Å². The van der Waals surface area contributed by atoms with E-state index in [-0.39, 0.29) is 11.3 Å². The van der Waals surface area contributed by atoms with Crippen LogP contribution >= 0.6 is 0 Å². The van der Waals surface area contributed by atoms with Gasteiger partial charge in [0, 0.05) is 20.0 Å². The predicted octanol–water partition coefficient (Wildman–Crippen LogP) is 2.37. The Kier molecular flexibility index (Phi) is 5.55. The summed E-state index contributed by atoms with van der Waals surface area (Å²) in [5, 5.41) is 0. The number of carbonyl (C=O) groups is 1. The molecule has 1 rings (SSSR count). The number of likely N-dealkylation sites (N-methyl/N-ethyl adjacent to an activating group) is 1. The van der Waals surface area contributed by atoms with Gasteiger partial charge in [-0.05, 0) is 36.4 Å². The maximum Gasteiger partial charge on any atom is 0.222 e. The molecule has 106 valence electrons. The van der Waals surface area contributed by atoms with Crippen molar-refractivity contribution in [2.45, 2.75) is 33.6 Å². The van der Waals surface area contributed by atoms with Gasteiger partial charge in [-0.25, -0.2) is 0 Å². The molecule has 0 unspecified atom stereocenters. The molecule has 1 aromatic rings. The van der Waals surface area contributed by atoms with Gasteiger partial charge in [0.25, 0.3) is 0 Å². The van der Waals surface area contributed by atoms with Crippen LogP contribution in [0.5, 0.6) is 0 Å². The Morgan fingerprint density at radius 1 is 1.32 bits per heavy atom. The van der Waals surface area contributed by atoms with Crippen LogP contribution in [-0.2, 0) is 11.2 Å². The number of hydrogen-bond acceptors (Lipinski definition) is 2. The van der Waals surface area contributed by atoms with E-state index in [0.717, 1.165) is 13.0 Å². The number of nitrogens with two attached hydrogens (primary N) is 1. The second-order valence-electron chi connectivity index (χ2n) is 6.04. The molecule has 0 spiro atoms. The Morgan fingerprint density at radius 3 is 2.53 bits per heavy atom. The Labute approximate surface area is 116 Å². The van der Waals surface area contributed by atoms with Crippen molar-refractivity contribution in [3.05, 3.63) is 35.4 Å². The van der Waals surface area contributed by atoms with Crippen LogP contribution in [-0.4, -0.2) is 30.9 Å². The molecule has 3 heteroatoms. The number of nitrogens with zero attached hydrogens (tertiary/aromatic N) is 1. The van der Waals surface area contributed by atoms with Crippen molar-refractivity contribution in [2.75, 3.05) is 20.1 Å². The summed E-state index contributed by atoms with van der Waals surface area (Å²) in [5.74, 6) is 0.170. The summed E-state index contributed by atoms with van der Waals surface area (Å²) in [5.41, 5.74) is 8.14. The molecule has 0 aliphatic rings. The molecule has 3 nitrogen and oxygen atoms in total. The van der Waals surface area contributed by atoms with Gasteiger partial charge in [-0.1, -0.05) is 38.1 Å². The van der Waals surface area contributed by atoms with Crippen molar-refractivity contribution in [3.63, 3.8) is 0 Å². The number of hydrogen-bond donors (Lipinski definition) is 1. The summed E-state index contributed by atoms with van der Waals surface area (Å²) in [6.07, 6.45) is 1.41. The molecule has 0 saturated heterocycles. The van der Waals surface area contributed by atoms with Gasteiger partial charge in [0.15, 0.2) is 0 Å². The SMILES string of the molecule is Cc1ccccc1CCN(C)C(=O)CC(C)(C)CN. The van der Waals surface area contributed by atoms with Crippen LogP contribution < -0.4 is 5.73 Å². The van der Waals surface area contributed by atoms with E-state index in [9.17, 15) is 4.79 Å². The lowest BCUT2D eigenvalue weighted by Gasteiger charge is -2.25. The summed E-state index contributed by atoms with van der Waals surface area (Å²) in [7, 11) is 1.87. The second-order valence-corrected chi connectivity index (χ2v) is 6.04. The quantitative estimate of drug-likeness (QED) is 0.855. The number of benzene rings is 1. The fourth-order valence-corrected chi connectivity index (χ4v) is 1.92. The molecular formula is C16H26N2O. The third-order valence-electron chi connectivity index (χ3n) is 3.59. The van der Waals surface area contributed by atoms with Gasteiger partial charge in [0.1, 0.15) is 0 Å². The van der Waals surface area contributed by atoms with Gasteiger partial charge in [0.05, 0.1) is 0 Å². The van der Waals surface area contributed by atoms with Crippen molar-refractivity contribution in [2.24, 2.45) is 11.1 Å². The minimum absolute atomic E-state index is 0.117. The van der Waals surface area contributed by atoms with E-state index in [0.29, 0.717) is 13.0 Å². The average molecular weight is 262 g/mol. The first kappa shape index (κ1) is 15.7. The Bertz CT molecular complexity index is 427. The van der Waals surface area contributed by atoms with E-state index < -0.39 is 0 Å². The van der Waals surface area contributed by atoms with Crippen LogP contribution in [0.1, 0.15) is 31.4 Å². The Hall–Kier alpha value is -1.35. The molecule has 2 N–H and O–H groups in total. The molecule has 0 fully saturated rings. The highest BCUT2D eigenvalue weighted by Crippen LogP contribution is 2.19. The predicted molar refractivity (Wildman–Crippen MR) is 80.0 cm³/mol. The highest BCUT2D eigenvalue weighted by atomic mass is 16.2. The first-order valence-electron chi connectivity index (χ1n) is 6.84. The van der Waals surface area contributed by atoms with E-state index in [1.165, 1.54) is 11.1 Å². The van der Waals surface area contributed by atoms with Gasteiger partial charge in [0.2, 0.25) is 5.91 Å². The van der Waals surface area contributed by atoms with Gasteiger partial charge in [-0.15, -0.1) is 0 Å². The van der Waals surface area contributed by atoms with Crippen LogP contribution in [0.4, 0.5) is 0 Å². The first-order valence-corrected chi connectivity index (χ1v) is 6.84. The smallest absolute Gasteiger partial charge is 0.222 e. The summed E-state index contributed by atoms with van der Waals surface area (Å²) < 4.78 is 0. The lowest BCUT2D eigenvalue weighted by Crippen LogP contribution is -2.35. The summed E-state index contributed by atoms with van der Waals surface area (Å²) in [6, 6.07) is 8.31. The number of amides is 1. The number of carbonyl (C=O) groups excluding carboxylic acids is 1. The molecule has 0 heterocycles. The summed E-state index contributed by atoms with van der Waals surface area (Å²) in [4.78, 5) is 13.9. The average Bonchev–Trinajstić information content (AvgIpc) is 2.37. The van der Waals surface area contributed by atoms with Crippen LogP contribution in [0, 0.1) is 12.3 Å².